The largest absolute Gasteiger partial charge is 0.372 e. The molecule has 0 aromatic rings. The predicted molar refractivity (Wildman–Crippen MR) is 161 cm³/mol. The molecule has 2 saturated heterocycles. The number of carbonyl (C=O) groups excluding carboxylic acids is 6. The Labute approximate surface area is 264 Å². The highest BCUT2D eigenvalue weighted by atomic mass is 16.6. The van der Waals surface area contributed by atoms with Gasteiger partial charge in [-0.15, -0.1) is 0 Å². The molecule has 0 radical (unpaired) electrons. The molecule has 0 spiro atoms. The second-order valence-electron chi connectivity index (χ2n) is 14.3. The van der Waals surface area contributed by atoms with E-state index in [9.17, 15) is 28.8 Å². The summed E-state index contributed by atoms with van der Waals surface area (Å²) in [5, 5.41) is 5.97. The minimum atomic E-state index is -0.730. The lowest BCUT2D eigenvalue weighted by Crippen LogP contribution is -2.54. The van der Waals surface area contributed by atoms with Crippen LogP contribution in [0.15, 0.2) is 24.3 Å². The molecule has 45 heavy (non-hydrogen) atoms. The number of rotatable bonds is 16. The van der Waals surface area contributed by atoms with Gasteiger partial charge in [-0.1, -0.05) is 6.92 Å². The zero-order chi connectivity index (χ0) is 33.5. The maximum atomic E-state index is 12.7. The smallest absolute Gasteiger partial charge is 0.253 e. The maximum Gasteiger partial charge on any atom is 0.253 e. The fourth-order valence-electron chi connectivity index (χ4n) is 6.11. The molecule has 13 nitrogen and oxygen atoms in total. The highest BCUT2D eigenvalue weighted by Crippen LogP contribution is 2.51. The van der Waals surface area contributed by atoms with Crippen molar-refractivity contribution in [3.63, 3.8) is 0 Å². The highest BCUT2D eigenvalue weighted by molar-refractivity contribution is 6.13. The molecule has 2 fully saturated rings. The van der Waals surface area contributed by atoms with Crippen molar-refractivity contribution in [1.82, 2.24) is 20.4 Å². The number of imide groups is 2. The topological polar surface area (TPSA) is 167 Å². The van der Waals surface area contributed by atoms with Crippen LogP contribution in [0.3, 0.4) is 0 Å². The number of carbonyl (C=O) groups is 6. The van der Waals surface area contributed by atoms with Crippen LogP contribution < -0.4 is 10.6 Å². The van der Waals surface area contributed by atoms with Crippen LogP contribution in [-0.2, 0) is 43.0 Å². The lowest BCUT2D eigenvalue weighted by atomic mass is 9.81. The molecule has 4 heterocycles. The van der Waals surface area contributed by atoms with E-state index >= 15 is 0 Å². The molecule has 2 N–H and O–H groups in total. The van der Waals surface area contributed by atoms with Crippen molar-refractivity contribution >= 4 is 35.4 Å². The average molecular weight is 631 g/mol. The van der Waals surface area contributed by atoms with Crippen molar-refractivity contribution in [1.29, 1.82) is 0 Å². The standard InChI is InChI=1S/C32H46N4O9/c1-19(27-20(44-27)17-29(2,3)33-21(37)13-15-35-23(39)9-10-24(35)40)18-43-31(6,7)32(8)28(45-32)30(4,5)34-22(38)14-16-36-25(41)11-12-26(36)42/h9-12,19-20,27-28H,13-18H2,1-8H3,(H,33,37)(H,34,38). The zero-order valence-electron chi connectivity index (χ0n) is 27.4. The molecule has 0 aromatic carbocycles. The molecular formula is C32H46N4O9. The van der Waals surface area contributed by atoms with Crippen molar-refractivity contribution in [2.75, 3.05) is 19.7 Å². The van der Waals surface area contributed by atoms with Gasteiger partial charge in [0.2, 0.25) is 11.8 Å². The van der Waals surface area contributed by atoms with Crippen molar-refractivity contribution in [3.05, 3.63) is 24.3 Å². The van der Waals surface area contributed by atoms with Crippen LogP contribution in [0.1, 0.15) is 74.7 Å². The molecule has 4 aliphatic rings. The minimum absolute atomic E-state index is 0.00912. The summed E-state index contributed by atoms with van der Waals surface area (Å²) in [5.41, 5.74) is -2.65. The first-order valence-electron chi connectivity index (χ1n) is 15.4. The summed E-state index contributed by atoms with van der Waals surface area (Å²) in [7, 11) is 0. The van der Waals surface area contributed by atoms with E-state index in [1.165, 1.54) is 24.3 Å². The van der Waals surface area contributed by atoms with E-state index in [0.717, 1.165) is 9.80 Å². The first-order valence-corrected chi connectivity index (χ1v) is 15.4. The fraction of sp³-hybridized carbons (Fsp3) is 0.688. The summed E-state index contributed by atoms with van der Waals surface area (Å²) in [4.78, 5) is 74.2. The van der Waals surface area contributed by atoms with Gasteiger partial charge in [0, 0.05) is 61.7 Å². The SMILES string of the molecule is CC(COC(C)(C)C1(C)OC1C(C)(C)NC(=O)CCN1C(=O)C=CC1=O)C1OC1CC(C)(C)NC(=O)CCN1C(=O)C=CC1=O. The Hall–Kier alpha value is -3.42. The summed E-state index contributed by atoms with van der Waals surface area (Å²) in [6, 6.07) is 0. The van der Waals surface area contributed by atoms with Gasteiger partial charge in [0.15, 0.2) is 0 Å². The molecule has 0 saturated carbocycles. The number of hydrogen-bond donors (Lipinski definition) is 2. The fourth-order valence-corrected chi connectivity index (χ4v) is 6.11. The molecule has 5 unspecified atom stereocenters. The third-order valence-electron chi connectivity index (χ3n) is 9.12. The van der Waals surface area contributed by atoms with Crippen LogP contribution in [0, 0.1) is 5.92 Å². The first-order chi connectivity index (χ1) is 20.8. The van der Waals surface area contributed by atoms with Crippen LogP contribution in [0.2, 0.25) is 0 Å². The highest BCUT2D eigenvalue weighted by Gasteiger charge is 2.68. The Bertz CT molecular complexity index is 1280. The summed E-state index contributed by atoms with van der Waals surface area (Å²) in [5.74, 6) is -2.12. The lowest BCUT2D eigenvalue weighted by molar-refractivity contribution is -0.139. The van der Waals surface area contributed by atoms with Gasteiger partial charge in [0.25, 0.3) is 23.6 Å². The van der Waals surface area contributed by atoms with Crippen LogP contribution in [0.4, 0.5) is 0 Å². The Morgan fingerprint density at radius 1 is 0.867 bits per heavy atom. The van der Waals surface area contributed by atoms with Gasteiger partial charge in [-0.05, 0) is 54.9 Å². The van der Waals surface area contributed by atoms with Crippen LogP contribution in [0.5, 0.6) is 0 Å². The van der Waals surface area contributed by atoms with E-state index in [-0.39, 0.29) is 62.0 Å². The number of nitrogens with one attached hydrogen (secondary N) is 2. The van der Waals surface area contributed by atoms with E-state index in [1.807, 2.05) is 55.4 Å². The van der Waals surface area contributed by atoms with Crippen molar-refractivity contribution in [3.8, 4) is 0 Å². The van der Waals surface area contributed by atoms with Gasteiger partial charge >= 0.3 is 0 Å². The molecule has 13 heteroatoms. The molecular weight excluding hydrogens is 584 g/mol. The summed E-state index contributed by atoms with van der Waals surface area (Å²) >= 11 is 0. The summed E-state index contributed by atoms with van der Waals surface area (Å²) < 4.78 is 18.5. The number of epoxide rings is 2. The van der Waals surface area contributed by atoms with E-state index in [4.69, 9.17) is 14.2 Å². The average Bonchev–Trinajstić information content (AvgIpc) is 3.79. The molecule has 0 aliphatic carbocycles. The molecule has 248 valence electrons. The van der Waals surface area contributed by atoms with Crippen LogP contribution in [-0.4, -0.2) is 106 Å². The van der Waals surface area contributed by atoms with E-state index in [0.29, 0.717) is 13.0 Å². The van der Waals surface area contributed by atoms with Crippen LogP contribution >= 0.6 is 0 Å². The molecule has 4 aliphatic heterocycles. The minimum Gasteiger partial charge on any atom is -0.372 e. The number of hydrogen-bond acceptors (Lipinski definition) is 9. The third kappa shape index (κ3) is 7.87. The van der Waals surface area contributed by atoms with Gasteiger partial charge in [-0.2, -0.15) is 0 Å². The van der Waals surface area contributed by atoms with E-state index in [1.54, 1.807) is 0 Å². The van der Waals surface area contributed by atoms with Gasteiger partial charge in [0.05, 0.1) is 30.0 Å². The molecule has 5 atom stereocenters. The summed E-state index contributed by atoms with van der Waals surface area (Å²) in [6.07, 6.45) is 4.98. The third-order valence-corrected chi connectivity index (χ3v) is 9.12. The van der Waals surface area contributed by atoms with Crippen LogP contribution in [0.25, 0.3) is 0 Å². The number of ether oxygens (including phenoxy) is 3. The van der Waals surface area contributed by atoms with E-state index < -0.39 is 45.9 Å². The second kappa shape index (κ2) is 12.4. The normalized spacial score (nSPS) is 27.0. The Balaban J connectivity index is 1.18. The Morgan fingerprint density at radius 3 is 1.82 bits per heavy atom. The van der Waals surface area contributed by atoms with Gasteiger partial charge in [-0.25, -0.2) is 0 Å². The molecule has 0 aromatic heterocycles. The number of amides is 6. The molecule has 0 bridgehead atoms. The lowest BCUT2D eigenvalue weighted by Gasteiger charge is -2.34. The zero-order valence-corrected chi connectivity index (χ0v) is 27.4. The molecule has 6 amide bonds. The number of nitrogens with zero attached hydrogens (tertiary/aromatic N) is 2. The van der Waals surface area contributed by atoms with Gasteiger partial charge < -0.3 is 24.8 Å². The van der Waals surface area contributed by atoms with Gasteiger partial charge in [-0.3, -0.25) is 38.6 Å². The quantitative estimate of drug-likeness (QED) is 0.188. The first kappa shape index (κ1) is 34.5. The Morgan fingerprint density at radius 2 is 1.33 bits per heavy atom. The Kier molecular flexibility index (Phi) is 9.50. The van der Waals surface area contributed by atoms with Crippen molar-refractivity contribution in [2.24, 2.45) is 5.92 Å². The van der Waals surface area contributed by atoms with Gasteiger partial charge in [0.1, 0.15) is 11.7 Å². The maximum absolute atomic E-state index is 12.7. The second-order valence-corrected chi connectivity index (χ2v) is 14.3. The monoisotopic (exact) mass is 630 g/mol. The molecule has 4 rings (SSSR count). The van der Waals surface area contributed by atoms with E-state index in [2.05, 4.69) is 10.6 Å². The predicted octanol–water partition coefficient (Wildman–Crippen LogP) is 1.15. The summed E-state index contributed by atoms with van der Waals surface area (Å²) in [6.45, 7) is 16.0. The van der Waals surface area contributed by atoms with Crippen molar-refractivity contribution in [2.45, 2.75) is 115 Å². The van der Waals surface area contributed by atoms with Crippen molar-refractivity contribution < 1.29 is 43.0 Å².